The lowest BCUT2D eigenvalue weighted by molar-refractivity contribution is 0.102. The number of nitrogens with one attached hydrogen (secondary N) is 1. The second-order valence-electron chi connectivity index (χ2n) is 5.48. The Hall–Kier alpha value is -3.29. The van der Waals surface area contributed by atoms with Gasteiger partial charge in [-0.2, -0.15) is 5.10 Å². The van der Waals surface area contributed by atoms with Crippen molar-refractivity contribution in [1.82, 2.24) is 14.8 Å². The van der Waals surface area contributed by atoms with Crippen molar-refractivity contribution < 1.29 is 19.4 Å². The van der Waals surface area contributed by atoms with Crippen LogP contribution in [-0.2, 0) is 7.05 Å². The van der Waals surface area contributed by atoms with Crippen LogP contribution in [0, 0.1) is 6.92 Å². The lowest BCUT2D eigenvalue weighted by Gasteiger charge is -2.08. The highest BCUT2D eigenvalue weighted by Crippen LogP contribution is 2.37. The summed E-state index contributed by atoms with van der Waals surface area (Å²) >= 11 is 0. The van der Waals surface area contributed by atoms with Crippen LogP contribution in [0.3, 0.4) is 0 Å². The fourth-order valence-corrected chi connectivity index (χ4v) is 2.69. The third-order valence-electron chi connectivity index (χ3n) is 3.86. The van der Waals surface area contributed by atoms with Gasteiger partial charge in [0.05, 0.1) is 23.1 Å². The van der Waals surface area contributed by atoms with Gasteiger partial charge in [0, 0.05) is 24.6 Å². The fraction of sp³-hybridized carbons (Fsp3) is 0.188. The molecule has 8 heteroatoms. The van der Waals surface area contributed by atoms with E-state index in [2.05, 4.69) is 15.4 Å². The zero-order valence-electron chi connectivity index (χ0n) is 13.0. The molecule has 24 heavy (non-hydrogen) atoms. The number of phenolic OH excluding ortho intramolecular Hbond substituents is 1. The molecule has 1 amide bonds. The topological polar surface area (TPSA) is 98.5 Å². The van der Waals surface area contributed by atoms with E-state index in [1.807, 2.05) is 14.0 Å². The van der Waals surface area contributed by atoms with Gasteiger partial charge in [-0.1, -0.05) is 0 Å². The number of amides is 1. The van der Waals surface area contributed by atoms with Crippen LogP contribution in [0.25, 0.3) is 11.0 Å². The predicted molar refractivity (Wildman–Crippen MR) is 85.4 cm³/mol. The van der Waals surface area contributed by atoms with Crippen LogP contribution in [0.1, 0.15) is 16.1 Å². The van der Waals surface area contributed by atoms with E-state index in [0.717, 1.165) is 16.7 Å². The van der Waals surface area contributed by atoms with Crippen LogP contribution in [0.5, 0.6) is 17.2 Å². The number of fused-ring (bicyclic) bond motifs is 2. The number of rotatable bonds is 2. The Labute approximate surface area is 136 Å². The molecular weight excluding hydrogens is 312 g/mol. The highest BCUT2D eigenvalue weighted by molar-refractivity contribution is 6.07. The van der Waals surface area contributed by atoms with E-state index in [9.17, 15) is 9.90 Å². The normalized spacial score (nSPS) is 12.6. The number of benzene rings is 1. The highest BCUT2D eigenvalue weighted by atomic mass is 16.7. The molecule has 0 unspecified atom stereocenters. The average molecular weight is 326 g/mol. The summed E-state index contributed by atoms with van der Waals surface area (Å²) in [6.07, 6.45) is 1.55. The maximum Gasteiger partial charge on any atom is 0.259 e. The molecule has 0 bridgehead atoms. The van der Waals surface area contributed by atoms with E-state index < -0.39 is 5.91 Å². The molecule has 122 valence electrons. The molecule has 1 aromatic carbocycles. The van der Waals surface area contributed by atoms with E-state index in [1.165, 1.54) is 12.1 Å². The maximum absolute atomic E-state index is 12.4. The van der Waals surface area contributed by atoms with Crippen molar-refractivity contribution in [2.45, 2.75) is 6.92 Å². The second-order valence-corrected chi connectivity index (χ2v) is 5.48. The molecule has 0 saturated heterocycles. The van der Waals surface area contributed by atoms with E-state index in [1.54, 1.807) is 16.9 Å². The number of nitrogens with zero attached hydrogens (tertiary/aromatic N) is 3. The smallest absolute Gasteiger partial charge is 0.259 e. The van der Waals surface area contributed by atoms with Gasteiger partial charge in [0.15, 0.2) is 17.1 Å². The summed E-state index contributed by atoms with van der Waals surface area (Å²) in [6.45, 7) is 1.94. The monoisotopic (exact) mass is 326 g/mol. The summed E-state index contributed by atoms with van der Waals surface area (Å²) in [5.74, 6) is 0.199. The van der Waals surface area contributed by atoms with Gasteiger partial charge in [0.25, 0.3) is 5.91 Å². The van der Waals surface area contributed by atoms with Crippen molar-refractivity contribution in [2.24, 2.45) is 7.05 Å². The Balaban J connectivity index is 1.66. The zero-order chi connectivity index (χ0) is 16.8. The third kappa shape index (κ3) is 2.19. The van der Waals surface area contributed by atoms with E-state index in [0.29, 0.717) is 17.2 Å². The summed E-state index contributed by atoms with van der Waals surface area (Å²) in [5.41, 5.74) is 2.17. The molecular formula is C16H14N4O4. The minimum Gasteiger partial charge on any atom is -0.507 e. The number of ether oxygens (including phenoxy) is 2. The van der Waals surface area contributed by atoms with Gasteiger partial charge in [-0.15, -0.1) is 0 Å². The van der Waals surface area contributed by atoms with Crippen LogP contribution < -0.4 is 14.8 Å². The SMILES string of the molecule is Cc1nn(C)c2ncc(NC(=O)c3cc4c(cc3O)OCO4)cc12. The summed E-state index contributed by atoms with van der Waals surface area (Å²) in [4.78, 5) is 16.8. The van der Waals surface area contributed by atoms with E-state index in [4.69, 9.17) is 9.47 Å². The standard InChI is InChI=1S/C16H14N4O4/c1-8-10-3-9(6-17-15(10)20(2)19-8)18-16(22)11-4-13-14(5-12(11)21)24-7-23-13/h3-6,21H,7H2,1-2H3,(H,18,22). The average Bonchev–Trinajstić information content (AvgIpc) is 3.11. The number of anilines is 1. The molecule has 2 aromatic heterocycles. The Bertz CT molecular complexity index is 980. The summed E-state index contributed by atoms with van der Waals surface area (Å²) < 4.78 is 12.1. The molecule has 0 radical (unpaired) electrons. The molecule has 0 aliphatic carbocycles. The summed E-state index contributed by atoms with van der Waals surface area (Å²) in [5, 5.41) is 17.9. The van der Waals surface area contributed by atoms with Gasteiger partial charge in [-0.05, 0) is 13.0 Å². The Kier molecular flexibility index (Phi) is 3.05. The molecule has 1 aliphatic rings. The number of carbonyl (C=O) groups is 1. The van der Waals surface area contributed by atoms with Crippen molar-refractivity contribution >= 4 is 22.6 Å². The Morgan fingerprint density at radius 1 is 1.29 bits per heavy atom. The van der Waals surface area contributed by atoms with Gasteiger partial charge in [-0.3, -0.25) is 9.48 Å². The summed E-state index contributed by atoms with van der Waals surface area (Å²) in [6, 6.07) is 4.62. The van der Waals surface area contributed by atoms with E-state index in [-0.39, 0.29) is 18.1 Å². The number of hydrogen-bond donors (Lipinski definition) is 2. The molecule has 3 heterocycles. The van der Waals surface area contributed by atoms with Gasteiger partial charge in [0.2, 0.25) is 6.79 Å². The van der Waals surface area contributed by atoms with Gasteiger partial charge in [0.1, 0.15) is 5.75 Å². The first-order chi connectivity index (χ1) is 11.5. The molecule has 2 N–H and O–H groups in total. The third-order valence-corrected chi connectivity index (χ3v) is 3.86. The number of aryl methyl sites for hydroxylation is 2. The minimum atomic E-state index is -0.464. The minimum absolute atomic E-state index is 0.0702. The number of carbonyl (C=O) groups excluding carboxylic acids is 1. The highest BCUT2D eigenvalue weighted by Gasteiger charge is 2.21. The predicted octanol–water partition coefficient (Wildman–Crippen LogP) is 1.96. The number of pyridine rings is 1. The number of aromatic hydroxyl groups is 1. The molecule has 3 aromatic rings. The van der Waals surface area contributed by atoms with Crippen LogP contribution in [0.4, 0.5) is 5.69 Å². The number of hydrogen-bond acceptors (Lipinski definition) is 6. The van der Waals surface area contributed by atoms with Crippen molar-refractivity contribution in [2.75, 3.05) is 12.1 Å². The first kappa shape index (κ1) is 14.3. The fourth-order valence-electron chi connectivity index (χ4n) is 2.69. The molecule has 0 atom stereocenters. The molecule has 8 nitrogen and oxygen atoms in total. The Morgan fingerprint density at radius 3 is 2.83 bits per heavy atom. The molecule has 1 aliphatic heterocycles. The molecule has 4 rings (SSSR count). The van der Waals surface area contributed by atoms with Crippen molar-refractivity contribution in [3.8, 4) is 17.2 Å². The van der Waals surface area contributed by atoms with Gasteiger partial charge >= 0.3 is 0 Å². The van der Waals surface area contributed by atoms with E-state index >= 15 is 0 Å². The summed E-state index contributed by atoms with van der Waals surface area (Å²) in [7, 11) is 1.81. The van der Waals surface area contributed by atoms with Crippen molar-refractivity contribution in [1.29, 1.82) is 0 Å². The largest absolute Gasteiger partial charge is 0.507 e. The molecule has 0 fully saturated rings. The first-order valence-electron chi connectivity index (χ1n) is 7.26. The maximum atomic E-state index is 12.4. The number of aromatic nitrogens is 3. The van der Waals surface area contributed by atoms with Gasteiger partial charge < -0.3 is 19.9 Å². The van der Waals surface area contributed by atoms with Crippen LogP contribution in [0.2, 0.25) is 0 Å². The lowest BCUT2D eigenvalue weighted by atomic mass is 10.1. The van der Waals surface area contributed by atoms with Crippen LogP contribution >= 0.6 is 0 Å². The molecule has 0 saturated carbocycles. The van der Waals surface area contributed by atoms with Crippen LogP contribution in [-0.4, -0.2) is 32.6 Å². The second kappa shape index (κ2) is 5.12. The van der Waals surface area contributed by atoms with Crippen molar-refractivity contribution in [3.63, 3.8) is 0 Å². The first-order valence-corrected chi connectivity index (χ1v) is 7.26. The van der Waals surface area contributed by atoms with Crippen LogP contribution in [0.15, 0.2) is 24.4 Å². The quantitative estimate of drug-likeness (QED) is 0.747. The Morgan fingerprint density at radius 2 is 2.04 bits per heavy atom. The number of phenols is 1. The zero-order valence-corrected chi connectivity index (χ0v) is 13.0. The lowest BCUT2D eigenvalue weighted by Crippen LogP contribution is -2.12. The molecule has 0 spiro atoms. The van der Waals surface area contributed by atoms with Gasteiger partial charge in [-0.25, -0.2) is 4.98 Å². The van der Waals surface area contributed by atoms with Crippen molar-refractivity contribution in [3.05, 3.63) is 35.7 Å².